The van der Waals surface area contributed by atoms with Gasteiger partial charge in [-0.1, -0.05) is 32.0 Å². The van der Waals surface area contributed by atoms with Crippen molar-refractivity contribution in [2.45, 2.75) is 45.6 Å². The Kier molecular flexibility index (Phi) is 6.42. The Bertz CT molecular complexity index is 527. The van der Waals surface area contributed by atoms with Gasteiger partial charge in [-0.05, 0) is 42.7 Å². The molecule has 2 amide bonds. The lowest BCUT2D eigenvalue weighted by Crippen LogP contribution is -2.37. The number of benzene rings is 1. The van der Waals surface area contributed by atoms with Gasteiger partial charge >= 0.3 is 6.03 Å². The van der Waals surface area contributed by atoms with E-state index >= 15 is 0 Å². The molecular weight excluding hydrogens is 292 g/mol. The van der Waals surface area contributed by atoms with Gasteiger partial charge in [0, 0.05) is 18.8 Å². The van der Waals surface area contributed by atoms with Crippen molar-refractivity contribution >= 4 is 11.7 Å². The summed E-state index contributed by atoms with van der Waals surface area (Å²) < 4.78 is 5.42. The number of hydrogen-bond donors (Lipinski definition) is 3. The van der Waals surface area contributed by atoms with Crippen molar-refractivity contribution in [2.24, 2.45) is 5.92 Å². The zero-order valence-corrected chi connectivity index (χ0v) is 14.3. The highest BCUT2D eigenvalue weighted by molar-refractivity contribution is 5.91. The van der Waals surface area contributed by atoms with Crippen molar-refractivity contribution in [3.63, 3.8) is 0 Å². The second-order valence-corrected chi connectivity index (χ2v) is 6.66. The Morgan fingerprint density at radius 3 is 2.78 bits per heavy atom. The first-order chi connectivity index (χ1) is 11.0. The number of para-hydroxylation sites is 1. The summed E-state index contributed by atoms with van der Waals surface area (Å²) in [6.07, 6.45) is 1.78. The summed E-state index contributed by atoms with van der Waals surface area (Å²) in [5, 5.41) is 15.4. The van der Waals surface area contributed by atoms with Gasteiger partial charge in [0.2, 0.25) is 0 Å². The predicted molar refractivity (Wildman–Crippen MR) is 91.8 cm³/mol. The van der Waals surface area contributed by atoms with Crippen LogP contribution in [-0.2, 0) is 4.74 Å². The Hall–Kier alpha value is -1.59. The molecule has 1 atom stereocenters. The predicted octanol–water partition coefficient (Wildman–Crippen LogP) is 3.03. The van der Waals surface area contributed by atoms with Crippen LogP contribution in [0.4, 0.5) is 10.5 Å². The molecule has 3 N–H and O–H groups in total. The molecule has 1 aromatic rings. The Labute approximate surface area is 138 Å². The fraction of sp³-hybridized carbons (Fsp3) is 0.611. The topological polar surface area (TPSA) is 70.6 Å². The van der Waals surface area contributed by atoms with Crippen LogP contribution in [0.15, 0.2) is 18.2 Å². The van der Waals surface area contributed by atoms with Gasteiger partial charge in [-0.3, -0.25) is 0 Å². The molecule has 0 saturated heterocycles. The van der Waals surface area contributed by atoms with E-state index in [0.29, 0.717) is 18.4 Å². The van der Waals surface area contributed by atoms with Gasteiger partial charge in [-0.15, -0.1) is 0 Å². The van der Waals surface area contributed by atoms with Crippen LogP contribution < -0.4 is 10.6 Å². The summed E-state index contributed by atoms with van der Waals surface area (Å²) in [4.78, 5) is 12.1. The van der Waals surface area contributed by atoms with E-state index in [1.165, 1.54) is 12.8 Å². The largest absolute Gasteiger partial charge is 0.389 e. The SMILES string of the molecule is Cc1cccc(C(C)C)c1NC(=O)NCC(O)COCC1CC1. The van der Waals surface area contributed by atoms with Crippen LogP contribution in [0.1, 0.15) is 43.7 Å². The van der Waals surface area contributed by atoms with E-state index in [0.717, 1.165) is 16.8 Å². The average Bonchev–Trinajstić information content (AvgIpc) is 3.31. The maximum absolute atomic E-state index is 12.1. The quantitative estimate of drug-likeness (QED) is 0.689. The first-order valence-corrected chi connectivity index (χ1v) is 8.37. The van der Waals surface area contributed by atoms with Crippen molar-refractivity contribution in [3.05, 3.63) is 29.3 Å². The molecule has 0 spiro atoms. The van der Waals surface area contributed by atoms with Crippen molar-refractivity contribution < 1.29 is 14.6 Å². The number of anilines is 1. The highest BCUT2D eigenvalue weighted by Crippen LogP contribution is 2.29. The van der Waals surface area contributed by atoms with E-state index < -0.39 is 6.10 Å². The van der Waals surface area contributed by atoms with Gasteiger partial charge in [0.25, 0.3) is 0 Å². The number of nitrogens with one attached hydrogen (secondary N) is 2. The van der Waals surface area contributed by atoms with Gasteiger partial charge in [-0.2, -0.15) is 0 Å². The van der Waals surface area contributed by atoms with Crippen LogP contribution in [0.3, 0.4) is 0 Å². The number of rotatable bonds is 8. The minimum Gasteiger partial charge on any atom is -0.389 e. The molecular formula is C18H28N2O3. The van der Waals surface area contributed by atoms with Crippen LogP contribution in [0.2, 0.25) is 0 Å². The van der Waals surface area contributed by atoms with Gasteiger partial charge in [-0.25, -0.2) is 4.79 Å². The average molecular weight is 320 g/mol. The first kappa shape index (κ1) is 17.8. The molecule has 0 aromatic heterocycles. The van der Waals surface area contributed by atoms with Gasteiger partial charge < -0.3 is 20.5 Å². The second kappa shape index (κ2) is 8.31. The Morgan fingerprint density at radius 1 is 1.39 bits per heavy atom. The summed E-state index contributed by atoms with van der Waals surface area (Å²) in [6.45, 7) is 7.32. The summed E-state index contributed by atoms with van der Waals surface area (Å²) in [6, 6.07) is 5.69. The molecule has 0 radical (unpaired) electrons. The third-order valence-electron chi connectivity index (χ3n) is 4.02. The maximum atomic E-state index is 12.1. The summed E-state index contributed by atoms with van der Waals surface area (Å²) >= 11 is 0. The lowest BCUT2D eigenvalue weighted by atomic mass is 9.98. The van der Waals surface area contributed by atoms with Crippen molar-refractivity contribution in [1.82, 2.24) is 5.32 Å². The minimum absolute atomic E-state index is 0.180. The maximum Gasteiger partial charge on any atom is 0.319 e. The third-order valence-corrected chi connectivity index (χ3v) is 4.02. The highest BCUT2D eigenvalue weighted by Gasteiger charge is 2.21. The summed E-state index contributed by atoms with van der Waals surface area (Å²) in [5.41, 5.74) is 2.98. The molecule has 1 saturated carbocycles. The van der Waals surface area contributed by atoms with E-state index in [2.05, 4.69) is 24.5 Å². The monoisotopic (exact) mass is 320 g/mol. The number of ether oxygens (including phenoxy) is 1. The molecule has 23 heavy (non-hydrogen) atoms. The van der Waals surface area contributed by atoms with Crippen LogP contribution in [0, 0.1) is 12.8 Å². The molecule has 5 heteroatoms. The highest BCUT2D eigenvalue weighted by atomic mass is 16.5. The molecule has 1 aliphatic carbocycles. The van der Waals surface area contributed by atoms with Crippen LogP contribution >= 0.6 is 0 Å². The molecule has 1 unspecified atom stereocenters. The van der Waals surface area contributed by atoms with E-state index in [-0.39, 0.29) is 19.2 Å². The van der Waals surface area contributed by atoms with Gasteiger partial charge in [0.05, 0.1) is 12.7 Å². The molecule has 2 rings (SSSR count). The number of carbonyl (C=O) groups excluding carboxylic acids is 1. The Balaban J connectivity index is 1.77. The number of aliphatic hydroxyl groups is 1. The first-order valence-electron chi connectivity index (χ1n) is 8.37. The third kappa shape index (κ3) is 5.84. The van der Waals surface area contributed by atoms with E-state index in [1.807, 2.05) is 25.1 Å². The zero-order valence-electron chi connectivity index (χ0n) is 14.3. The number of aryl methyl sites for hydroxylation is 1. The molecule has 128 valence electrons. The minimum atomic E-state index is -0.680. The Morgan fingerprint density at radius 2 is 2.13 bits per heavy atom. The molecule has 1 fully saturated rings. The number of aliphatic hydroxyl groups excluding tert-OH is 1. The lowest BCUT2D eigenvalue weighted by Gasteiger charge is -2.18. The normalized spacial score (nSPS) is 15.5. The van der Waals surface area contributed by atoms with E-state index in [1.54, 1.807) is 0 Å². The smallest absolute Gasteiger partial charge is 0.319 e. The van der Waals surface area contributed by atoms with Crippen molar-refractivity contribution in [1.29, 1.82) is 0 Å². The van der Waals surface area contributed by atoms with Gasteiger partial charge in [0.1, 0.15) is 0 Å². The molecule has 5 nitrogen and oxygen atoms in total. The second-order valence-electron chi connectivity index (χ2n) is 6.66. The molecule has 0 heterocycles. The lowest BCUT2D eigenvalue weighted by molar-refractivity contribution is 0.0339. The summed E-state index contributed by atoms with van der Waals surface area (Å²) in [5.74, 6) is 1.00. The number of carbonyl (C=O) groups is 1. The fourth-order valence-electron chi connectivity index (χ4n) is 2.42. The number of hydrogen-bond acceptors (Lipinski definition) is 3. The number of urea groups is 1. The molecule has 0 aliphatic heterocycles. The number of amides is 2. The zero-order chi connectivity index (χ0) is 16.8. The standard InChI is InChI=1S/C18H28N2O3/c1-12(2)16-6-4-5-13(3)17(16)20-18(22)19-9-15(21)11-23-10-14-7-8-14/h4-6,12,14-15,21H,7-11H2,1-3H3,(H2,19,20,22). The van der Waals surface area contributed by atoms with E-state index in [9.17, 15) is 9.90 Å². The van der Waals surface area contributed by atoms with Crippen LogP contribution in [-0.4, -0.2) is 37.0 Å². The van der Waals surface area contributed by atoms with Gasteiger partial charge in [0.15, 0.2) is 0 Å². The van der Waals surface area contributed by atoms with Crippen molar-refractivity contribution in [2.75, 3.05) is 25.1 Å². The molecule has 0 bridgehead atoms. The van der Waals surface area contributed by atoms with Crippen LogP contribution in [0.5, 0.6) is 0 Å². The van der Waals surface area contributed by atoms with Crippen molar-refractivity contribution in [3.8, 4) is 0 Å². The molecule has 1 aromatic carbocycles. The molecule has 1 aliphatic rings. The fourth-order valence-corrected chi connectivity index (χ4v) is 2.42. The summed E-state index contributed by atoms with van der Waals surface area (Å²) in [7, 11) is 0. The van der Waals surface area contributed by atoms with E-state index in [4.69, 9.17) is 4.74 Å². The van der Waals surface area contributed by atoms with Crippen LogP contribution in [0.25, 0.3) is 0 Å².